The molecule has 4 aromatic rings. The van der Waals surface area contributed by atoms with Crippen molar-refractivity contribution in [3.63, 3.8) is 0 Å². The zero-order valence-corrected chi connectivity index (χ0v) is 30.9. The number of aryl methyl sites for hydroxylation is 1. The molecule has 51 heavy (non-hydrogen) atoms. The maximum absolute atomic E-state index is 13.7. The van der Waals surface area contributed by atoms with Crippen LogP contribution in [-0.2, 0) is 28.3 Å². The Morgan fingerprint density at radius 3 is 2.55 bits per heavy atom. The molecule has 1 heterocycles. The molecule has 0 radical (unpaired) electrons. The largest absolute Gasteiger partial charge is 0.508 e. The van der Waals surface area contributed by atoms with Gasteiger partial charge >= 0.3 is 0 Å². The number of aliphatic hydroxyl groups excluding tert-OH is 3. The first-order chi connectivity index (χ1) is 24.6. The Hall–Kier alpha value is -3.49. The molecule has 0 saturated carbocycles. The standard InChI is InChI=1S/C39H48N2O8S2/c1-23(43)19-41-35-14-7-26(16-27(35)20-42)39(40-2)49-31-12-11-30(46)21-50-51-22-34-32(13-6-24-4-9-29(45)18-33(24)34)37-25(5-10-28(44)17-31)8-15-36(47)38(37)48-3/h4,6-9,13-16,18,23,30-31,39-43,45-47H,5,10-12,17,19-22H2,1-3H3. The number of carbonyl (C=O) groups excluding carboxylic acids is 1. The fourth-order valence-electron chi connectivity index (χ4n) is 6.46. The second-order valence-corrected chi connectivity index (χ2v) is 15.4. The molecule has 0 aliphatic carbocycles. The van der Waals surface area contributed by atoms with Crippen LogP contribution in [0.5, 0.6) is 17.2 Å². The Balaban J connectivity index is 1.45. The summed E-state index contributed by atoms with van der Waals surface area (Å²) in [5.74, 6) is 1.49. The lowest BCUT2D eigenvalue weighted by Gasteiger charge is -2.26. The molecule has 4 aromatic carbocycles. The summed E-state index contributed by atoms with van der Waals surface area (Å²) in [5, 5.41) is 60.2. The van der Waals surface area contributed by atoms with E-state index in [1.807, 2.05) is 42.5 Å². The number of methoxy groups -OCH3 is 1. The minimum Gasteiger partial charge on any atom is -0.508 e. The van der Waals surface area contributed by atoms with Gasteiger partial charge in [-0.2, -0.15) is 0 Å². The predicted octanol–water partition coefficient (Wildman–Crippen LogP) is 6.44. The van der Waals surface area contributed by atoms with E-state index >= 15 is 0 Å². The molecule has 10 nitrogen and oxygen atoms in total. The number of hydrogen-bond donors (Lipinski definition) is 7. The third kappa shape index (κ3) is 9.89. The van der Waals surface area contributed by atoms with Crippen molar-refractivity contribution in [3.8, 4) is 28.4 Å². The van der Waals surface area contributed by atoms with Crippen LogP contribution in [0.2, 0.25) is 0 Å². The number of benzene rings is 4. The van der Waals surface area contributed by atoms with Crippen LogP contribution in [-0.4, -0.2) is 76.1 Å². The number of anilines is 1. The number of rotatable bonds is 9. The first-order valence-corrected chi connectivity index (χ1v) is 19.7. The quantitative estimate of drug-likeness (QED) is 0.0745. The maximum atomic E-state index is 13.7. The maximum Gasteiger partial charge on any atom is 0.168 e. The molecular formula is C39H48N2O8S2. The van der Waals surface area contributed by atoms with Gasteiger partial charge in [-0.15, -0.1) is 0 Å². The van der Waals surface area contributed by atoms with Crippen LogP contribution in [0.15, 0.2) is 60.7 Å². The van der Waals surface area contributed by atoms with E-state index in [4.69, 9.17) is 9.47 Å². The molecule has 4 atom stereocenters. The normalized spacial score (nSPS) is 18.8. The SMILES string of the molecule is CNC(OC1CCC(O)CSSCc2c(ccc3ccc(O)cc23)-c2c(ccc(O)c2OC)CCC(=O)C1)c1ccc(NCC(C)O)c(CO)c1. The van der Waals surface area contributed by atoms with Gasteiger partial charge in [0.15, 0.2) is 11.5 Å². The first kappa shape index (κ1) is 38.7. The summed E-state index contributed by atoms with van der Waals surface area (Å²) in [6.45, 7) is 1.82. The van der Waals surface area contributed by atoms with Crippen molar-refractivity contribution in [2.45, 2.75) is 75.9 Å². The van der Waals surface area contributed by atoms with Crippen LogP contribution >= 0.6 is 21.6 Å². The van der Waals surface area contributed by atoms with E-state index in [1.54, 1.807) is 53.8 Å². The van der Waals surface area contributed by atoms with Gasteiger partial charge in [0.25, 0.3) is 0 Å². The van der Waals surface area contributed by atoms with Gasteiger partial charge in [-0.1, -0.05) is 51.9 Å². The highest BCUT2D eigenvalue weighted by atomic mass is 33.1. The summed E-state index contributed by atoms with van der Waals surface area (Å²) in [6, 6.07) is 18.3. The van der Waals surface area contributed by atoms with Crippen molar-refractivity contribution in [2.24, 2.45) is 0 Å². The van der Waals surface area contributed by atoms with Crippen molar-refractivity contribution in [2.75, 3.05) is 31.8 Å². The molecule has 0 spiro atoms. The van der Waals surface area contributed by atoms with Gasteiger partial charge in [-0.3, -0.25) is 10.1 Å². The monoisotopic (exact) mass is 736 g/mol. The summed E-state index contributed by atoms with van der Waals surface area (Å²) in [6.07, 6.45) is -0.582. The van der Waals surface area contributed by atoms with Crippen molar-refractivity contribution < 1.29 is 39.8 Å². The van der Waals surface area contributed by atoms with Crippen LogP contribution in [0.3, 0.4) is 0 Å². The Morgan fingerprint density at radius 2 is 1.80 bits per heavy atom. The highest BCUT2D eigenvalue weighted by Gasteiger charge is 2.25. The number of ketones is 1. The minimum atomic E-state index is -0.626. The number of nitrogens with one attached hydrogen (secondary N) is 2. The smallest absolute Gasteiger partial charge is 0.168 e. The van der Waals surface area contributed by atoms with Crippen LogP contribution in [0.1, 0.15) is 61.1 Å². The highest BCUT2D eigenvalue weighted by molar-refractivity contribution is 8.76. The minimum absolute atomic E-state index is 0.00302. The van der Waals surface area contributed by atoms with Gasteiger partial charge in [0.05, 0.1) is 32.0 Å². The van der Waals surface area contributed by atoms with Crippen molar-refractivity contribution in [1.29, 1.82) is 0 Å². The van der Waals surface area contributed by atoms with Crippen LogP contribution in [0.25, 0.3) is 21.9 Å². The van der Waals surface area contributed by atoms with Gasteiger partial charge in [0, 0.05) is 47.7 Å². The molecular weight excluding hydrogens is 689 g/mol. The topological polar surface area (TPSA) is 161 Å². The lowest BCUT2D eigenvalue weighted by molar-refractivity contribution is -0.124. The Kier molecular flexibility index (Phi) is 13.9. The zero-order valence-electron chi connectivity index (χ0n) is 29.2. The fourth-order valence-corrected chi connectivity index (χ4v) is 8.76. The number of phenols is 2. The molecule has 7 N–H and O–H groups in total. The average Bonchev–Trinajstić information content (AvgIpc) is 3.12. The Labute approximate surface area is 307 Å². The summed E-state index contributed by atoms with van der Waals surface area (Å²) in [5.41, 5.74) is 5.51. The van der Waals surface area contributed by atoms with Crippen molar-refractivity contribution in [3.05, 3.63) is 82.9 Å². The highest BCUT2D eigenvalue weighted by Crippen LogP contribution is 2.45. The number of ether oxygens (including phenoxy) is 2. The lowest BCUT2D eigenvalue weighted by Crippen LogP contribution is -2.29. The van der Waals surface area contributed by atoms with Gasteiger partial charge in [-0.05, 0) is 96.6 Å². The van der Waals surface area contributed by atoms with Crippen LogP contribution in [0, 0.1) is 0 Å². The molecule has 5 rings (SSSR count). The third-order valence-corrected chi connectivity index (χ3v) is 11.4. The number of aliphatic hydroxyl groups is 3. The van der Waals surface area contributed by atoms with E-state index in [1.165, 1.54) is 7.11 Å². The second-order valence-electron chi connectivity index (χ2n) is 12.9. The van der Waals surface area contributed by atoms with Crippen molar-refractivity contribution >= 4 is 43.8 Å². The molecule has 1 aliphatic rings. The molecule has 1 aliphatic heterocycles. The van der Waals surface area contributed by atoms with E-state index in [9.17, 15) is 30.3 Å². The number of carbonyl (C=O) groups is 1. The molecule has 0 aromatic heterocycles. The first-order valence-electron chi connectivity index (χ1n) is 17.2. The van der Waals surface area contributed by atoms with Gasteiger partial charge < -0.3 is 40.3 Å². The Morgan fingerprint density at radius 1 is 1.00 bits per heavy atom. The summed E-state index contributed by atoms with van der Waals surface area (Å²) in [7, 11) is 6.45. The second kappa shape index (κ2) is 18.3. The van der Waals surface area contributed by atoms with Gasteiger partial charge in [0.2, 0.25) is 0 Å². The molecule has 0 amide bonds. The van der Waals surface area contributed by atoms with E-state index in [0.29, 0.717) is 54.2 Å². The van der Waals surface area contributed by atoms with Crippen LogP contribution < -0.4 is 15.4 Å². The predicted molar refractivity (Wildman–Crippen MR) is 205 cm³/mol. The molecule has 0 saturated heterocycles. The zero-order chi connectivity index (χ0) is 36.5. The average molecular weight is 737 g/mol. The number of aromatic hydroxyl groups is 2. The summed E-state index contributed by atoms with van der Waals surface area (Å²) >= 11 is 0. The molecule has 0 bridgehead atoms. The number of fused-ring (bicyclic) bond motifs is 5. The van der Waals surface area contributed by atoms with E-state index in [-0.39, 0.29) is 36.7 Å². The number of hydrogen-bond acceptors (Lipinski definition) is 12. The molecule has 0 fully saturated rings. The van der Waals surface area contributed by atoms with Crippen molar-refractivity contribution in [1.82, 2.24) is 5.32 Å². The van der Waals surface area contributed by atoms with Gasteiger partial charge in [0.1, 0.15) is 17.8 Å². The number of phenolic OH excluding ortho intramolecular Hbond substituents is 2. The Bertz CT molecular complexity index is 1800. The molecule has 274 valence electrons. The van der Waals surface area contributed by atoms with E-state index < -0.39 is 24.5 Å². The third-order valence-electron chi connectivity index (χ3n) is 9.09. The summed E-state index contributed by atoms with van der Waals surface area (Å²) in [4.78, 5) is 13.7. The van der Waals surface area contributed by atoms with Crippen LogP contribution in [0.4, 0.5) is 5.69 Å². The van der Waals surface area contributed by atoms with E-state index in [0.717, 1.165) is 38.7 Å². The van der Waals surface area contributed by atoms with E-state index in [2.05, 4.69) is 10.6 Å². The number of Topliss-reactive ketones (excluding diaryl/α,β-unsaturated/α-hetero) is 1. The summed E-state index contributed by atoms with van der Waals surface area (Å²) < 4.78 is 12.3. The fraction of sp³-hybridized carbons (Fsp3) is 0.410. The lowest BCUT2D eigenvalue weighted by atomic mass is 9.89. The molecule has 4 unspecified atom stereocenters. The molecule has 12 heteroatoms. The van der Waals surface area contributed by atoms with Gasteiger partial charge in [-0.25, -0.2) is 0 Å².